The number of carboxylic acid groups (broad SMARTS) is 1. The molecule has 0 aromatic carbocycles. The molecule has 0 saturated carbocycles. The van der Waals surface area contributed by atoms with E-state index in [0.717, 1.165) is 4.88 Å². The minimum Gasteiger partial charge on any atom is -0.481 e. The van der Waals surface area contributed by atoms with Crippen LogP contribution in [0.25, 0.3) is 0 Å². The minimum absolute atomic E-state index is 0.0567. The molecular formula is C14H22N2O3S. The Labute approximate surface area is 123 Å². The van der Waals surface area contributed by atoms with Crippen LogP contribution >= 0.6 is 11.3 Å². The van der Waals surface area contributed by atoms with Gasteiger partial charge >= 0.3 is 12.0 Å². The predicted molar refractivity (Wildman–Crippen MR) is 79.9 cm³/mol. The van der Waals surface area contributed by atoms with Gasteiger partial charge in [0.25, 0.3) is 0 Å². The van der Waals surface area contributed by atoms with E-state index in [1.165, 1.54) is 0 Å². The van der Waals surface area contributed by atoms with Gasteiger partial charge in [-0.05, 0) is 31.7 Å². The highest BCUT2D eigenvalue weighted by molar-refractivity contribution is 7.09. The Bertz CT molecular complexity index is 432. The Morgan fingerprint density at radius 3 is 2.60 bits per heavy atom. The molecule has 0 aliphatic heterocycles. The van der Waals surface area contributed by atoms with E-state index >= 15 is 0 Å². The molecule has 0 fully saturated rings. The molecule has 0 atom stereocenters. The number of carbonyl (C=O) groups is 2. The third kappa shape index (κ3) is 5.21. The van der Waals surface area contributed by atoms with Crippen molar-refractivity contribution in [3.05, 3.63) is 22.4 Å². The lowest BCUT2D eigenvalue weighted by Gasteiger charge is -2.31. The first kappa shape index (κ1) is 16.5. The smallest absolute Gasteiger partial charge is 0.320 e. The van der Waals surface area contributed by atoms with E-state index in [-0.39, 0.29) is 18.5 Å². The Morgan fingerprint density at radius 1 is 1.40 bits per heavy atom. The number of rotatable bonds is 7. The van der Waals surface area contributed by atoms with Crippen LogP contribution < -0.4 is 0 Å². The van der Waals surface area contributed by atoms with Crippen LogP contribution in [-0.4, -0.2) is 46.5 Å². The fraction of sp³-hybridized carbons (Fsp3) is 0.571. The van der Waals surface area contributed by atoms with Gasteiger partial charge in [0.2, 0.25) is 0 Å². The molecule has 0 bridgehead atoms. The van der Waals surface area contributed by atoms with Crippen LogP contribution in [0.3, 0.4) is 0 Å². The molecule has 6 heteroatoms. The number of carboxylic acids is 1. The van der Waals surface area contributed by atoms with Gasteiger partial charge < -0.3 is 14.9 Å². The number of urea groups is 1. The standard InChI is InChI=1S/C14H22N2O3S/c1-11(2)16(10-12-6-5-9-20-12)14(19)15(3)8-4-7-13(17)18/h5-6,9,11H,4,7-8,10H2,1-3H3,(H,17,18). The molecule has 0 radical (unpaired) electrons. The summed E-state index contributed by atoms with van der Waals surface area (Å²) in [5, 5.41) is 10.6. The van der Waals surface area contributed by atoms with Gasteiger partial charge in [-0.2, -0.15) is 0 Å². The second-order valence-corrected chi connectivity index (χ2v) is 6.03. The normalized spacial score (nSPS) is 10.6. The Kier molecular flexibility index (Phi) is 6.51. The molecule has 0 aliphatic rings. The van der Waals surface area contributed by atoms with Gasteiger partial charge in [0, 0.05) is 30.9 Å². The Morgan fingerprint density at radius 2 is 2.10 bits per heavy atom. The first-order valence-corrected chi connectivity index (χ1v) is 7.55. The molecule has 1 heterocycles. The summed E-state index contributed by atoms with van der Waals surface area (Å²) in [5.41, 5.74) is 0. The summed E-state index contributed by atoms with van der Waals surface area (Å²) in [6, 6.07) is 4.03. The lowest BCUT2D eigenvalue weighted by atomic mass is 10.3. The van der Waals surface area contributed by atoms with Crippen LogP contribution in [0, 0.1) is 0 Å². The van der Waals surface area contributed by atoms with Gasteiger partial charge in [0.1, 0.15) is 0 Å². The quantitative estimate of drug-likeness (QED) is 0.842. The van der Waals surface area contributed by atoms with Crippen molar-refractivity contribution in [2.75, 3.05) is 13.6 Å². The number of carbonyl (C=O) groups excluding carboxylic acids is 1. The molecule has 0 aliphatic carbocycles. The summed E-state index contributed by atoms with van der Waals surface area (Å²) in [6.07, 6.45) is 0.562. The maximum absolute atomic E-state index is 12.4. The van der Waals surface area contributed by atoms with Crippen LogP contribution in [0.2, 0.25) is 0 Å². The zero-order valence-electron chi connectivity index (χ0n) is 12.2. The molecule has 5 nitrogen and oxygen atoms in total. The van der Waals surface area contributed by atoms with Gasteiger partial charge in [-0.3, -0.25) is 4.79 Å². The van der Waals surface area contributed by atoms with Gasteiger partial charge in [-0.15, -0.1) is 11.3 Å². The van der Waals surface area contributed by atoms with Crippen molar-refractivity contribution in [1.82, 2.24) is 9.80 Å². The number of hydrogen-bond acceptors (Lipinski definition) is 3. The van der Waals surface area contributed by atoms with Crippen LogP contribution in [0.4, 0.5) is 4.79 Å². The maximum atomic E-state index is 12.4. The largest absolute Gasteiger partial charge is 0.481 e. The number of hydrogen-bond donors (Lipinski definition) is 1. The van der Waals surface area contributed by atoms with E-state index < -0.39 is 5.97 Å². The van der Waals surface area contributed by atoms with Gasteiger partial charge in [0.15, 0.2) is 0 Å². The number of nitrogens with zero attached hydrogens (tertiary/aromatic N) is 2. The molecule has 1 N–H and O–H groups in total. The number of amides is 2. The van der Waals surface area contributed by atoms with Crippen molar-refractivity contribution < 1.29 is 14.7 Å². The first-order chi connectivity index (χ1) is 9.41. The van der Waals surface area contributed by atoms with E-state index in [2.05, 4.69) is 0 Å². The number of thiophene rings is 1. The molecule has 112 valence electrons. The lowest BCUT2D eigenvalue weighted by Crippen LogP contribution is -2.44. The van der Waals surface area contributed by atoms with Crippen molar-refractivity contribution in [3.63, 3.8) is 0 Å². The van der Waals surface area contributed by atoms with E-state index in [1.807, 2.05) is 31.4 Å². The average molecular weight is 298 g/mol. The molecular weight excluding hydrogens is 276 g/mol. The van der Waals surface area contributed by atoms with E-state index in [1.54, 1.807) is 28.2 Å². The third-order valence-electron chi connectivity index (χ3n) is 2.99. The highest BCUT2D eigenvalue weighted by Gasteiger charge is 2.21. The summed E-state index contributed by atoms with van der Waals surface area (Å²) in [4.78, 5) is 27.4. The van der Waals surface area contributed by atoms with Crippen molar-refractivity contribution in [2.24, 2.45) is 0 Å². The van der Waals surface area contributed by atoms with Crippen molar-refractivity contribution in [1.29, 1.82) is 0 Å². The van der Waals surface area contributed by atoms with Gasteiger partial charge in [0.05, 0.1) is 6.54 Å². The van der Waals surface area contributed by atoms with Crippen LogP contribution in [0.1, 0.15) is 31.6 Å². The highest BCUT2D eigenvalue weighted by Crippen LogP contribution is 2.15. The second-order valence-electron chi connectivity index (χ2n) is 5.00. The Balaban J connectivity index is 2.57. The Hall–Kier alpha value is -1.56. The fourth-order valence-electron chi connectivity index (χ4n) is 1.82. The molecule has 0 unspecified atom stereocenters. The lowest BCUT2D eigenvalue weighted by molar-refractivity contribution is -0.137. The highest BCUT2D eigenvalue weighted by atomic mass is 32.1. The van der Waals surface area contributed by atoms with Gasteiger partial charge in [-0.25, -0.2) is 4.79 Å². The monoisotopic (exact) mass is 298 g/mol. The summed E-state index contributed by atoms with van der Waals surface area (Å²) in [5.74, 6) is -0.829. The van der Waals surface area contributed by atoms with Crippen LogP contribution in [0.5, 0.6) is 0 Å². The zero-order chi connectivity index (χ0) is 15.1. The molecule has 20 heavy (non-hydrogen) atoms. The SMILES string of the molecule is CC(C)N(Cc1cccs1)C(=O)N(C)CCCC(=O)O. The van der Waals surface area contributed by atoms with Crippen molar-refractivity contribution in [2.45, 2.75) is 39.3 Å². The fourth-order valence-corrected chi connectivity index (χ4v) is 2.53. The van der Waals surface area contributed by atoms with Crippen molar-refractivity contribution >= 4 is 23.3 Å². The van der Waals surface area contributed by atoms with Gasteiger partial charge in [-0.1, -0.05) is 6.07 Å². The summed E-state index contributed by atoms with van der Waals surface area (Å²) in [6.45, 7) is 5.02. The molecule has 2 amide bonds. The van der Waals surface area contributed by atoms with Crippen molar-refractivity contribution in [3.8, 4) is 0 Å². The molecule has 0 spiro atoms. The summed E-state index contributed by atoms with van der Waals surface area (Å²) in [7, 11) is 1.72. The molecule has 1 aromatic rings. The average Bonchev–Trinajstić information content (AvgIpc) is 2.87. The molecule has 1 aromatic heterocycles. The van der Waals surface area contributed by atoms with E-state index in [4.69, 9.17) is 5.11 Å². The predicted octanol–water partition coefficient (Wildman–Crippen LogP) is 2.88. The second kappa shape index (κ2) is 7.89. The van der Waals surface area contributed by atoms with Crippen LogP contribution in [-0.2, 0) is 11.3 Å². The number of aliphatic carboxylic acids is 1. The summed E-state index contributed by atoms with van der Waals surface area (Å²) < 4.78 is 0. The molecule has 0 saturated heterocycles. The van der Waals surface area contributed by atoms with E-state index in [9.17, 15) is 9.59 Å². The summed E-state index contributed by atoms with van der Waals surface area (Å²) >= 11 is 1.63. The first-order valence-electron chi connectivity index (χ1n) is 6.67. The van der Waals surface area contributed by atoms with E-state index in [0.29, 0.717) is 19.5 Å². The molecule has 1 rings (SSSR count). The maximum Gasteiger partial charge on any atom is 0.320 e. The third-order valence-corrected chi connectivity index (χ3v) is 3.85. The van der Waals surface area contributed by atoms with Crippen LogP contribution in [0.15, 0.2) is 17.5 Å². The minimum atomic E-state index is -0.829. The zero-order valence-corrected chi connectivity index (χ0v) is 13.0. The topological polar surface area (TPSA) is 60.9 Å².